The number of hydrogen-bond acceptors (Lipinski definition) is 3. The molecule has 3 nitrogen and oxygen atoms in total. The third-order valence-corrected chi connectivity index (χ3v) is 3.79. The average Bonchev–Trinajstić information content (AvgIpc) is 2.67. The van der Waals surface area contributed by atoms with Crippen molar-refractivity contribution >= 4 is 5.97 Å². The van der Waals surface area contributed by atoms with Crippen LogP contribution in [0.3, 0.4) is 0 Å². The normalized spacial score (nSPS) is 13.2. The Morgan fingerprint density at radius 2 is 1.26 bits per heavy atom. The lowest BCUT2D eigenvalue weighted by molar-refractivity contribution is -0.138. The van der Waals surface area contributed by atoms with Crippen LogP contribution in [-0.4, -0.2) is 12.6 Å². The van der Waals surface area contributed by atoms with E-state index in [1.807, 2.05) is 42.5 Å². The average molecular weight is 372 g/mol. The van der Waals surface area contributed by atoms with E-state index in [1.54, 1.807) is 13.0 Å². The molecule has 0 spiro atoms. The van der Waals surface area contributed by atoms with Gasteiger partial charge < -0.3 is 10.5 Å². The van der Waals surface area contributed by atoms with Gasteiger partial charge >= 0.3 is 5.97 Å². The topological polar surface area (TPSA) is 52.3 Å². The van der Waals surface area contributed by atoms with Crippen LogP contribution in [0.25, 0.3) is 0 Å². The van der Waals surface area contributed by atoms with Crippen molar-refractivity contribution in [2.24, 2.45) is 5.73 Å². The number of ether oxygens (including phenoxy) is 1. The van der Waals surface area contributed by atoms with Gasteiger partial charge in [0.15, 0.2) is 0 Å². The van der Waals surface area contributed by atoms with Crippen molar-refractivity contribution in [3.05, 3.63) is 72.5 Å². The predicted octanol–water partition coefficient (Wildman–Crippen LogP) is 6.31. The van der Waals surface area contributed by atoms with Crippen molar-refractivity contribution in [3.63, 3.8) is 0 Å². The van der Waals surface area contributed by atoms with Gasteiger partial charge in [-0.2, -0.15) is 0 Å². The molecule has 0 unspecified atom stereocenters. The standard InChI is InChI=1S/C24H37NO2/c1-3-5-6-7-8-9-10-11-12-13-14-15-16-17-18-19-20-21-22-23(25)24(26)27-4-2/h12-22H,3-11,25H2,1-2H3. The molecule has 0 aromatic heterocycles. The number of allylic oxidation sites excluding steroid dienone is 11. The zero-order valence-corrected chi connectivity index (χ0v) is 17.1. The second kappa shape index (κ2) is 20.0. The first-order valence-electron chi connectivity index (χ1n) is 10.2. The minimum Gasteiger partial charge on any atom is -0.461 e. The van der Waals surface area contributed by atoms with Crippen LogP contribution >= 0.6 is 0 Å². The molecule has 27 heavy (non-hydrogen) atoms. The van der Waals surface area contributed by atoms with Gasteiger partial charge in [-0.3, -0.25) is 0 Å². The molecule has 0 saturated carbocycles. The summed E-state index contributed by atoms with van der Waals surface area (Å²) < 4.78 is 4.78. The van der Waals surface area contributed by atoms with E-state index < -0.39 is 5.97 Å². The van der Waals surface area contributed by atoms with Crippen LogP contribution in [0.2, 0.25) is 0 Å². The minimum atomic E-state index is -0.490. The summed E-state index contributed by atoms with van der Waals surface area (Å²) in [7, 11) is 0. The maximum absolute atomic E-state index is 11.3. The van der Waals surface area contributed by atoms with E-state index in [4.69, 9.17) is 10.5 Å². The lowest BCUT2D eigenvalue weighted by Crippen LogP contribution is -2.14. The van der Waals surface area contributed by atoms with Gasteiger partial charge in [0.05, 0.1) is 6.61 Å². The second-order valence-corrected chi connectivity index (χ2v) is 6.22. The van der Waals surface area contributed by atoms with Crippen LogP contribution in [0.5, 0.6) is 0 Å². The zero-order valence-electron chi connectivity index (χ0n) is 17.1. The Labute approximate surface area is 166 Å². The van der Waals surface area contributed by atoms with Crippen LogP contribution in [0, 0.1) is 0 Å². The van der Waals surface area contributed by atoms with E-state index >= 15 is 0 Å². The molecular formula is C24H37NO2. The van der Waals surface area contributed by atoms with E-state index in [9.17, 15) is 4.79 Å². The van der Waals surface area contributed by atoms with Crippen molar-refractivity contribution in [3.8, 4) is 0 Å². The molecule has 0 aliphatic heterocycles. The van der Waals surface area contributed by atoms with Gasteiger partial charge in [-0.15, -0.1) is 0 Å². The van der Waals surface area contributed by atoms with Crippen molar-refractivity contribution in [2.45, 2.75) is 65.2 Å². The number of carbonyl (C=O) groups is 1. The lowest BCUT2D eigenvalue weighted by atomic mass is 10.1. The highest BCUT2D eigenvalue weighted by Gasteiger charge is 2.02. The Balaban J connectivity index is 3.77. The lowest BCUT2D eigenvalue weighted by Gasteiger charge is -1.98. The van der Waals surface area contributed by atoms with Gasteiger partial charge in [-0.05, 0) is 25.8 Å². The molecule has 0 fully saturated rings. The molecule has 0 radical (unpaired) electrons. The highest BCUT2D eigenvalue weighted by Crippen LogP contribution is 2.08. The molecule has 2 N–H and O–H groups in total. The third kappa shape index (κ3) is 18.3. The summed E-state index contributed by atoms with van der Waals surface area (Å²) in [6.07, 6.45) is 31.8. The molecule has 150 valence electrons. The third-order valence-electron chi connectivity index (χ3n) is 3.79. The Morgan fingerprint density at radius 1 is 0.741 bits per heavy atom. The molecule has 0 aromatic rings. The van der Waals surface area contributed by atoms with Crippen molar-refractivity contribution < 1.29 is 9.53 Å². The first-order valence-corrected chi connectivity index (χ1v) is 10.2. The number of hydrogen-bond donors (Lipinski definition) is 1. The summed E-state index contributed by atoms with van der Waals surface area (Å²) in [6, 6.07) is 0. The summed E-state index contributed by atoms with van der Waals surface area (Å²) in [4.78, 5) is 11.3. The van der Waals surface area contributed by atoms with Gasteiger partial charge in [0.2, 0.25) is 0 Å². The molecule has 0 saturated heterocycles. The van der Waals surface area contributed by atoms with E-state index in [0.717, 1.165) is 6.42 Å². The van der Waals surface area contributed by atoms with Crippen molar-refractivity contribution in [2.75, 3.05) is 6.61 Å². The first kappa shape index (κ1) is 24.7. The number of carbonyl (C=O) groups excluding carboxylic acids is 1. The summed E-state index contributed by atoms with van der Waals surface area (Å²) in [5.41, 5.74) is 5.66. The SMILES string of the molecule is CCCCCCCCCC=CC=CC=CC=CC=CC=C(N)C(=O)OCC. The van der Waals surface area contributed by atoms with Crippen LogP contribution in [0.1, 0.15) is 65.2 Å². The van der Waals surface area contributed by atoms with E-state index in [1.165, 1.54) is 51.0 Å². The second-order valence-electron chi connectivity index (χ2n) is 6.22. The molecule has 0 aromatic carbocycles. The zero-order chi connectivity index (χ0) is 20.0. The Morgan fingerprint density at radius 3 is 1.85 bits per heavy atom. The quantitative estimate of drug-likeness (QED) is 0.159. The van der Waals surface area contributed by atoms with Crippen LogP contribution in [-0.2, 0) is 9.53 Å². The molecule has 0 aliphatic carbocycles. The molecule has 0 atom stereocenters. The highest BCUT2D eigenvalue weighted by atomic mass is 16.5. The monoisotopic (exact) mass is 371 g/mol. The maximum Gasteiger partial charge on any atom is 0.354 e. The summed E-state index contributed by atoms with van der Waals surface area (Å²) >= 11 is 0. The van der Waals surface area contributed by atoms with Crippen molar-refractivity contribution in [1.82, 2.24) is 0 Å². The van der Waals surface area contributed by atoms with E-state index in [2.05, 4.69) is 19.1 Å². The molecule has 0 amide bonds. The van der Waals surface area contributed by atoms with Gasteiger partial charge in [0.25, 0.3) is 0 Å². The fraction of sp³-hybridized carbons (Fsp3) is 0.458. The van der Waals surface area contributed by atoms with Crippen molar-refractivity contribution in [1.29, 1.82) is 0 Å². The Bertz CT molecular complexity index is 537. The maximum atomic E-state index is 11.3. The van der Waals surface area contributed by atoms with E-state index in [-0.39, 0.29) is 5.70 Å². The van der Waals surface area contributed by atoms with Crippen LogP contribution in [0.4, 0.5) is 0 Å². The minimum absolute atomic E-state index is 0.100. The molecule has 0 rings (SSSR count). The van der Waals surface area contributed by atoms with Gasteiger partial charge in [0, 0.05) is 0 Å². The number of rotatable bonds is 15. The first-order chi connectivity index (χ1) is 13.2. The Kier molecular flexibility index (Phi) is 18.3. The van der Waals surface area contributed by atoms with Gasteiger partial charge in [-0.25, -0.2) is 4.79 Å². The molecular weight excluding hydrogens is 334 g/mol. The number of esters is 1. The molecule has 0 bridgehead atoms. The molecule has 0 aliphatic rings. The largest absolute Gasteiger partial charge is 0.461 e. The van der Waals surface area contributed by atoms with Gasteiger partial charge in [0.1, 0.15) is 5.70 Å². The fourth-order valence-electron chi connectivity index (χ4n) is 2.28. The molecule has 3 heteroatoms. The van der Waals surface area contributed by atoms with Crippen LogP contribution in [0.15, 0.2) is 72.5 Å². The van der Waals surface area contributed by atoms with E-state index in [0.29, 0.717) is 6.61 Å². The molecule has 0 heterocycles. The van der Waals surface area contributed by atoms with Crippen LogP contribution < -0.4 is 5.73 Å². The summed E-state index contributed by atoms with van der Waals surface area (Å²) in [5, 5.41) is 0. The highest BCUT2D eigenvalue weighted by molar-refractivity contribution is 5.87. The summed E-state index contributed by atoms with van der Waals surface area (Å²) in [6.45, 7) is 4.33. The van der Waals surface area contributed by atoms with Gasteiger partial charge in [-0.1, -0.05) is 106 Å². The Hall–Kier alpha value is -2.29. The number of nitrogens with two attached hydrogens (primary N) is 1. The predicted molar refractivity (Wildman–Crippen MR) is 117 cm³/mol. The fourth-order valence-corrected chi connectivity index (χ4v) is 2.28. The number of unbranched alkanes of at least 4 members (excludes halogenated alkanes) is 7. The summed E-state index contributed by atoms with van der Waals surface area (Å²) in [5.74, 6) is -0.490. The smallest absolute Gasteiger partial charge is 0.354 e.